The summed E-state index contributed by atoms with van der Waals surface area (Å²) in [6, 6.07) is 1.69. The molecule has 3 N–H and O–H groups in total. The van der Waals surface area contributed by atoms with Crippen molar-refractivity contribution >= 4 is 17.5 Å². The summed E-state index contributed by atoms with van der Waals surface area (Å²) in [5.74, 6) is -0.721. The molecule has 0 spiro atoms. The molecule has 0 saturated carbocycles. The van der Waals surface area contributed by atoms with Crippen LogP contribution in [0.3, 0.4) is 0 Å². The second kappa shape index (κ2) is 5.98. The van der Waals surface area contributed by atoms with Crippen molar-refractivity contribution in [2.75, 3.05) is 31.3 Å². The van der Waals surface area contributed by atoms with E-state index in [1.54, 1.807) is 14.0 Å². The summed E-state index contributed by atoms with van der Waals surface area (Å²) in [6.07, 6.45) is -4.49. The number of halogens is 3. The van der Waals surface area contributed by atoms with Crippen LogP contribution in [0.1, 0.15) is 12.5 Å². The van der Waals surface area contributed by atoms with Gasteiger partial charge in [-0.3, -0.25) is 4.79 Å². The molecule has 1 rings (SSSR count). The average molecular weight is 290 g/mol. The van der Waals surface area contributed by atoms with Gasteiger partial charge in [0.05, 0.1) is 11.5 Å². The predicted molar refractivity (Wildman–Crippen MR) is 70.2 cm³/mol. The third-order valence-electron chi connectivity index (χ3n) is 2.79. The Bertz CT molecular complexity index is 490. The van der Waals surface area contributed by atoms with Gasteiger partial charge in [0.15, 0.2) is 0 Å². The molecule has 0 aliphatic heterocycles. The Morgan fingerprint density at radius 2 is 2.10 bits per heavy atom. The third-order valence-corrected chi connectivity index (χ3v) is 2.79. The Labute approximate surface area is 115 Å². The smallest absolute Gasteiger partial charge is 0.384 e. The van der Waals surface area contributed by atoms with Crippen molar-refractivity contribution in [3.8, 4) is 0 Å². The van der Waals surface area contributed by atoms with E-state index in [4.69, 9.17) is 5.73 Å². The van der Waals surface area contributed by atoms with Gasteiger partial charge in [-0.1, -0.05) is 6.92 Å². The average Bonchev–Trinajstić information content (AvgIpc) is 2.35. The number of nitrogens with two attached hydrogens (primary N) is 1. The van der Waals surface area contributed by atoms with Crippen LogP contribution in [0.4, 0.5) is 24.8 Å². The van der Waals surface area contributed by atoms with Crippen LogP contribution in [0.2, 0.25) is 0 Å². The maximum atomic E-state index is 12.7. The van der Waals surface area contributed by atoms with Crippen LogP contribution in [0, 0.1) is 5.92 Å². The van der Waals surface area contributed by atoms with E-state index in [9.17, 15) is 18.0 Å². The molecule has 0 aliphatic carbocycles. The van der Waals surface area contributed by atoms with Crippen molar-refractivity contribution in [2.24, 2.45) is 5.92 Å². The van der Waals surface area contributed by atoms with E-state index in [1.807, 2.05) is 0 Å². The Morgan fingerprint density at radius 1 is 1.50 bits per heavy atom. The van der Waals surface area contributed by atoms with Gasteiger partial charge >= 0.3 is 6.18 Å². The van der Waals surface area contributed by atoms with Crippen LogP contribution in [-0.4, -0.2) is 31.5 Å². The van der Waals surface area contributed by atoms with Gasteiger partial charge in [-0.15, -0.1) is 0 Å². The zero-order valence-corrected chi connectivity index (χ0v) is 11.5. The second-order valence-electron chi connectivity index (χ2n) is 4.53. The van der Waals surface area contributed by atoms with E-state index >= 15 is 0 Å². The molecule has 1 aromatic heterocycles. The number of nitrogens with zero attached hydrogens (tertiary/aromatic N) is 2. The number of anilines is 2. The van der Waals surface area contributed by atoms with Gasteiger partial charge in [0.2, 0.25) is 5.91 Å². The first-order valence-electron chi connectivity index (χ1n) is 5.92. The number of aromatic nitrogens is 1. The molecule has 0 radical (unpaired) electrons. The fourth-order valence-corrected chi connectivity index (χ4v) is 1.73. The summed E-state index contributed by atoms with van der Waals surface area (Å²) in [7, 11) is 3.06. The summed E-state index contributed by atoms with van der Waals surface area (Å²) in [5.41, 5.74) is 4.53. The first kappa shape index (κ1) is 16.1. The normalized spacial score (nSPS) is 12.9. The minimum atomic E-state index is -4.49. The lowest BCUT2D eigenvalue weighted by Gasteiger charge is -2.22. The molecule has 0 aliphatic rings. The Morgan fingerprint density at radius 3 is 2.60 bits per heavy atom. The molecule has 1 heterocycles. The van der Waals surface area contributed by atoms with Crippen molar-refractivity contribution in [1.29, 1.82) is 0 Å². The third kappa shape index (κ3) is 4.01. The van der Waals surface area contributed by atoms with E-state index in [0.717, 1.165) is 12.1 Å². The lowest BCUT2D eigenvalue weighted by Crippen LogP contribution is -2.34. The van der Waals surface area contributed by atoms with Crippen molar-refractivity contribution in [1.82, 2.24) is 10.3 Å². The van der Waals surface area contributed by atoms with Crippen molar-refractivity contribution < 1.29 is 18.0 Å². The first-order chi connectivity index (χ1) is 9.15. The van der Waals surface area contributed by atoms with Crippen molar-refractivity contribution in [3.05, 3.63) is 17.7 Å². The van der Waals surface area contributed by atoms with Gasteiger partial charge in [0, 0.05) is 20.6 Å². The van der Waals surface area contributed by atoms with E-state index < -0.39 is 11.7 Å². The number of nitrogen functional groups attached to an aromatic ring is 1. The minimum absolute atomic E-state index is 0.0769. The Balaban J connectivity index is 2.96. The highest BCUT2D eigenvalue weighted by Crippen LogP contribution is 2.32. The number of hydrogen-bond donors (Lipinski definition) is 2. The zero-order valence-electron chi connectivity index (χ0n) is 11.5. The maximum absolute atomic E-state index is 12.7. The Kier molecular flexibility index (Phi) is 4.80. The summed E-state index contributed by atoms with van der Waals surface area (Å²) in [6.45, 7) is 1.90. The van der Waals surface area contributed by atoms with E-state index in [-0.39, 0.29) is 30.0 Å². The number of carbonyl (C=O) groups is 1. The summed E-state index contributed by atoms with van der Waals surface area (Å²) < 4.78 is 38.1. The molecule has 1 atom stereocenters. The number of rotatable bonds is 4. The topological polar surface area (TPSA) is 71.2 Å². The molecule has 0 aromatic carbocycles. The molecule has 8 heteroatoms. The monoisotopic (exact) mass is 290 g/mol. The molecule has 20 heavy (non-hydrogen) atoms. The molecule has 1 unspecified atom stereocenters. The molecule has 0 fully saturated rings. The highest BCUT2D eigenvalue weighted by molar-refractivity contribution is 5.78. The summed E-state index contributed by atoms with van der Waals surface area (Å²) in [5, 5.41) is 2.48. The van der Waals surface area contributed by atoms with E-state index in [0.29, 0.717) is 0 Å². The molecule has 5 nitrogen and oxygen atoms in total. The second-order valence-corrected chi connectivity index (χ2v) is 4.53. The first-order valence-corrected chi connectivity index (χ1v) is 5.92. The van der Waals surface area contributed by atoms with Crippen molar-refractivity contribution in [2.45, 2.75) is 13.1 Å². The van der Waals surface area contributed by atoms with Gasteiger partial charge in [-0.05, 0) is 12.1 Å². The number of alkyl halides is 3. The van der Waals surface area contributed by atoms with E-state index in [1.165, 1.54) is 11.9 Å². The van der Waals surface area contributed by atoms with Crippen LogP contribution >= 0.6 is 0 Å². The summed E-state index contributed by atoms with van der Waals surface area (Å²) in [4.78, 5) is 16.7. The molecule has 0 saturated heterocycles. The molecule has 1 aromatic rings. The van der Waals surface area contributed by atoms with Crippen molar-refractivity contribution in [3.63, 3.8) is 0 Å². The van der Waals surface area contributed by atoms with Gasteiger partial charge in [0.1, 0.15) is 11.6 Å². The minimum Gasteiger partial charge on any atom is -0.384 e. The quantitative estimate of drug-likeness (QED) is 0.881. The van der Waals surface area contributed by atoms with Crippen LogP contribution in [0.5, 0.6) is 0 Å². The van der Waals surface area contributed by atoms with Gasteiger partial charge < -0.3 is 16.0 Å². The number of hydrogen-bond acceptors (Lipinski definition) is 4. The van der Waals surface area contributed by atoms with Gasteiger partial charge in [-0.25, -0.2) is 4.98 Å². The van der Waals surface area contributed by atoms with Crippen LogP contribution in [0.25, 0.3) is 0 Å². The molecule has 1 amide bonds. The lowest BCUT2D eigenvalue weighted by molar-refractivity contribution is -0.137. The largest absolute Gasteiger partial charge is 0.416 e. The fraction of sp³-hybridized carbons (Fsp3) is 0.500. The maximum Gasteiger partial charge on any atom is 0.416 e. The Hall–Kier alpha value is -1.99. The highest BCUT2D eigenvalue weighted by atomic mass is 19.4. The zero-order chi connectivity index (χ0) is 15.5. The highest BCUT2D eigenvalue weighted by Gasteiger charge is 2.32. The number of pyridine rings is 1. The molecular weight excluding hydrogens is 273 g/mol. The number of amides is 1. The van der Waals surface area contributed by atoms with Gasteiger partial charge in [-0.2, -0.15) is 13.2 Å². The molecular formula is C12H17F3N4O. The van der Waals surface area contributed by atoms with Crippen LogP contribution in [0.15, 0.2) is 12.1 Å². The predicted octanol–water partition coefficient (Wildman–Crippen LogP) is 1.50. The van der Waals surface area contributed by atoms with Gasteiger partial charge in [0.25, 0.3) is 0 Å². The standard InChI is InChI=1S/C12H17F3N4O/c1-7(11(20)17-2)6-19(3)10-5-8(12(13,14)15)4-9(16)18-10/h4-5,7H,6H2,1-3H3,(H2,16,18)(H,17,20). The summed E-state index contributed by atoms with van der Waals surface area (Å²) >= 11 is 0. The van der Waals surface area contributed by atoms with Crippen LogP contribution < -0.4 is 16.0 Å². The van der Waals surface area contributed by atoms with E-state index in [2.05, 4.69) is 10.3 Å². The number of nitrogens with one attached hydrogen (secondary N) is 1. The molecule has 112 valence electrons. The molecule has 0 bridgehead atoms. The van der Waals surface area contributed by atoms with Crippen LogP contribution in [-0.2, 0) is 11.0 Å². The fourth-order valence-electron chi connectivity index (χ4n) is 1.73. The lowest BCUT2D eigenvalue weighted by atomic mass is 10.1. The number of carbonyl (C=O) groups excluding carboxylic acids is 1. The SMILES string of the molecule is CNC(=O)C(C)CN(C)c1cc(C(F)(F)F)cc(N)n1.